The molecule has 2 aromatic rings. The van der Waals surface area contributed by atoms with Crippen molar-refractivity contribution in [2.45, 2.75) is 32.4 Å². The van der Waals surface area contributed by atoms with Gasteiger partial charge in [0.05, 0.1) is 24.8 Å². The minimum absolute atomic E-state index is 0.0101. The van der Waals surface area contributed by atoms with Crippen molar-refractivity contribution < 1.29 is 33.6 Å². The van der Waals surface area contributed by atoms with Gasteiger partial charge in [-0.05, 0) is 44.5 Å². The smallest absolute Gasteiger partial charge is 0.295 e. The van der Waals surface area contributed by atoms with E-state index in [9.17, 15) is 14.7 Å². The van der Waals surface area contributed by atoms with Gasteiger partial charge in [-0.2, -0.15) is 0 Å². The Morgan fingerprint density at radius 3 is 2.59 bits per heavy atom. The van der Waals surface area contributed by atoms with Crippen LogP contribution in [0.3, 0.4) is 0 Å². The molecule has 2 aliphatic rings. The first kappa shape index (κ1) is 23.6. The van der Waals surface area contributed by atoms with Gasteiger partial charge in [-0.15, -0.1) is 0 Å². The molecule has 1 atom stereocenters. The van der Waals surface area contributed by atoms with Crippen LogP contribution < -0.4 is 14.2 Å². The van der Waals surface area contributed by atoms with Crippen molar-refractivity contribution in [2.75, 3.05) is 33.5 Å². The molecule has 0 aliphatic carbocycles. The molecule has 180 valence electrons. The van der Waals surface area contributed by atoms with E-state index in [1.807, 2.05) is 26.0 Å². The van der Waals surface area contributed by atoms with Crippen LogP contribution in [0.1, 0.15) is 37.4 Å². The molecule has 1 N–H and O–H groups in total. The molecule has 2 aromatic carbocycles. The summed E-state index contributed by atoms with van der Waals surface area (Å²) in [4.78, 5) is 27.8. The Morgan fingerprint density at radius 1 is 1.12 bits per heavy atom. The van der Waals surface area contributed by atoms with Crippen LogP contribution in [0, 0.1) is 0 Å². The van der Waals surface area contributed by atoms with Crippen molar-refractivity contribution in [1.82, 2.24) is 4.90 Å². The molecule has 4 rings (SSSR count). The van der Waals surface area contributed by atoms with Gasteiger partial charge in [0.25, 0.3) is 11.7 Å². The number of para-hydroxylation sites is 1. The summed E-state index contributed by atoms with van der Waals surface area (Å²) in [5.41, 5.74) is 0.995. The van der Waals surface area contributed by atoms with Gasteiger partial charge in [0, 0.05) is 24.3 Å². The molecule has 1 saturated heterocycles. The minimum Gasteiger partial charge on any atom is -0.507 e. The van der Waals surface area contributed by atoms with Crippen LogP contribution in [0.4, 0.5) is 0 Å². The fourth-order valence-electron chi connectivity index (χ4n) is 4.23. The number of amides is 1. The third-order valence-electron chi connectivity index (χ3n) is 5.78. The summed E-state index contributed by atoms with van der Waals surface area (Å²) >= 11 is 0. The number of hydrogen-bond donors (Lipinski definition) is 1. The third kappa shape index (κ3) is 4.59. The van der Waals surface area contributed by atoms with Crippen molar-refractivity contribution in [3.63, 3.8) is 0 Å². The molecule has 2 aliphatic heterocycles. The number of carbonyl (C=O) groups is 2. The van der Waals surface area contributed by atoms with Crippen LogP contribution in [0.25, 0.3) is 5.76 Å². The largest absolute Gasteiger partial charge is 0.507 e. The topological polar surface area (TPSA) is 94.5 Å². The summed E-state index contributed by atoms with van der Waals surface area (Å²) in [5.74, 6) is -0.121. The molecule has 1 unspecified atom stereocenters. The van der Waals surface area contributed by atoms with E-state index in [1.165, 1.54) is 12.0 Å². The van der Waals surface area contributed by atoms with E-state index in [0.29, 0.717) is 54.6 Å². The number of aliphatic hydroxyl groups is 1. The average molecular weight is 468 g/mol. The molecule has 0 radical (unpaired) electrons. The Labute approximate surface area is 198 Å². The molecule has 8 heteroatoms. The lowest BCUT2D eigenvalue weighted by Gasteiger charge is -2.26. The van der Waals surface area contributed by atoms with Crippen molar-refractivity contribution >= 4 is 17.4 Å². The average Bonchev–Trinajstić information content (AvgIpc) is 3.10. The number of aliphatic hydroxyl groups excluding tert-OH is 1. The highest BCUT2D eigenvalue weighted by Crippen LogP contribution is 2.43. The maximum absolute atomic E-state index is 13.2. The molecule has 0 bridgehead atoms. The number of carbonyl (C=O) groups excluding carboxylic acids is 2. The first-order valence-electron chi connectivity index (χ1n) is 11.3. The number of hydrogen-bond acceptors (Lipinski definition) is 7. The number of ketones is 1. The van der Waals surface area contributed by atoms with Crippen LogP contribution in [0.15, 0.2) is 48.0 Å². The summed E-state index contributed by atoms with van der Waals surface area (Å²) in [5, 5.41) is 11.3. The Morgan fingerprint density at radius 2 is 1.85 bits per heavy atom. The van der Waals surface area contributed by atoms with Crippen LogP contribution >= 0.6 is 0 Å². The van der Waals surface area contributed by atoms with Crippen molar-refractivity contribution in [2.24, 2.45) is 0 Å². The van der Waals surface area contributed by atoms with E-state index in [4.69, 9.17) is 18.9 Å². The first-order valence-corrected chi connectivity index (χ1v) is 11.3. The first-order chi connectivity index (χ1) is 16.4. The van der Waals surface area contributed by atoms with Gasteiger partial charge < -0.3 is 29.0 Å². The van der Waals surface area contributed by atoms with Crippen LogP contribution in [0.5, 0.6) is 17.2 Å². The molecule has 0 saturated carbocycles. The van der Waals surface area contributed by atoms with Gasteiger partial charge in [-0.25, -0.2) is 0 Å². The molecule has 0 spiro atoms. The molecule has 8 nitrogen and oxygen atoms in total. The molecule has 1 amide bonds. The van der Waals surface area contributed by atoms with E-state index in [1.54, 1.807) is 30.3 Å². The predicted molar refractivity (Wildman–Crippen MR) is 125 cm³/mol. The Bertz CT molecular complexity index is 1110. The number of nitrogens with zero attached hydrogens (tertiary/aromatic N) is 1. The Balaban J connectivity index is 1.77. The van der Waals surface area contributed by atoms with Gasteiger partial charge in [0.15, 0.2) is 11.5 Å². The SMILES string of the molecule is COc1ccccc1C1/C(=C(\O)c2ccc3c(c2)OCCO3)C(=O)C(=O)N1CCCOC(C)C. The fourth-order valence-corrected chi connectivity index (χ4v) is 4.23. The second kappa shape index (κ2) is 10.2. The maximum atomic E-state index is 13.2. The summed E-state index contributed by atoms with van der Waals surface area (Å²) in [6.45, 7) is 5.45. The van der Waals surface area contributed by atoms with Crippen molar-refractivity contribution in [1.29, 1.82) is 0 Å². The zero-order valence-electron chi connectivity index (χ0n) is 19.6. The van der Waals surface area contributed by atoms with Gasteiger partial charge in [0.2, 0.25) is 0 Å². The summed E-state index contributed by atoms with van der Waals surface area (Å²) < 4.78 is 22.3. The van der Waals surface area contributed by atoms with Gasteiger partial charge in [-0.1, -0.05) is 18.2 Å². The highest BCUT2D eigenvalue weighted by Gasteiger charge is 2.46. The Hall–Kier alpha value is -3.52. The van der Waals surface area contributed by atoms with Crippen molar-refractivity contribution in [3.05, 3.63) is 59.2 Å². The summed E-state index contributed by atoms with van der Waals surface area (Å²) in [6.07, 6.45) is 0.608. The number of rotatable bonds is 8. The monoisotopic (exact) mass is 467 g/mol. The highest BCUT2D eigenvalue weighted by molar-refractivity contribution is 6.46. The molecule has 0 aromatic heterocycles. The molecule has 1 fully saturated rings. The van der Waals surface area contributed by atoms with E-state index in [2.05, 4.69) is 0 Å². The Kier molecular flexibility index (Phi) is 7.07. The number of fused-ring (bicyclic) bond motifs is 1. The normalized spacial score (nSPS) is 19.1. The van der Waals surface area contributed by atoms with Crippen LogP contribution in [-0.2, 0) is 14.3 Å². The predicted octanol–water partition coefficient (Wildman–Crippen LogP) is 3.70. The highest BCUT2D eigenvalue weighted by atomic mass is 16.6. The van der Waals surface area contributed by atoms with Crippen molar-refractivity contribution in [3.8, 4) is 17.2 Å². The summed E-state index contributed by atoms with van der Waals surface area (Å²) in [6, 6.07) is 11.3. The fraction of sp³-hybridized carbons (Fsp3) is 0.385. The quantitative estimate of drug-likeness (QED) is 0.274. The lowest BCUT2D eigenvalue weighted by molar-refractivity contribution is -0.140. The molecule has 2 heterocycles. The van der Waals surface area contributed by atoms with E-state index in [-0.39, 0.29) is 24.0 Å². The van der Waals surface area contributed by atoms with Gasteiger partial charge >= 0.3 is 0 Å². The van der Waals surface area contributed by atoms with Crippen LogP contribution in [0.2, 0.25) is 0 Å². The van der Waals surface area contributed by atoms with Crippen LogP contribution in [-0.4, -0.2) is 61.3 Å². The van der Waals surface area contributed by atoms with Gasteiger partial charge in [-0.3, -0.25) is 9.59 Å². The molecular weight excluding hydrogens is 438 g/mol. The number of ether oxygens (including phenoxy) is 4. The lowest BCUT2D eigenvalue weighted by atomic mass is 9.94. The zero-order valence-corrected chi connectivity index (χ0v) is 19.6. The van der Waals surface area contributed by atoms with E-state index < -0.39 is 17.7 Å². The maximum Gasteiger partial charge on any atom is 0.295 e. The third-order valence-corrected chi connectivity index (χ3v) is 5.78. The second-order valence-corrected chi connectivity index (χ2v) is 8.37. The van der Waals surface area contributed by atoms with E-state index >= 15 is 0 Å². The van der Waals surface area contributed by atoms with E-state index in [0.717, 1.165) is 0 Å². The standard InChI is InChI=1S/C26H29NO7/c1-16(2)32-12-6-11-27-23(18-7-4-5-8-19(18)31-3)22(25(29)26(27)30)24(28)17-9-10-20-21(15-17)34-14-13-33-20/h4-5,7-10,15-16,23,28H,6,11-14H2,1-3H3/b24-22+. The zero-order chi connectivity index (χ0) is 24.2. The number of benzene rings is 2. The number of likely N-dealkylation sites (tertiary alicyclic amines) is 1. The summed E-state index contributed by atoms with van der Waals surface area (Å²) in [7, 11) is 1.53. The molecular formula is C26H29NO7. The minimum atomic E-state index is -0.802. The number of methoxy groups -OCH3 is 1. The number of Topliss-reactive ketones (excluding diaryl/α,β-unsaturated/α-hetero) is 1. The second-order valence-electron chi connectivity index (χ2n) is 8.37. The molecule has 34 heavy (non-hydrogen) atoms. The lowest BCUT2D eigenvalue weighted by Crippen LogP contribution is -2.31. The van der Waals surface area contributed by atoms with Gasteiger partial charge in [0.1, 0.15) is 24.7 Å².